The predicted molar refractivity (Wildman–Crippen MR) is 85.3 cm³/mol. The molecule has 0 saturated heterocycles. The van der Waals surface area contributed by atoms with Gasteiger partial charge in [-0.15, -0.1) is 0 Å². The summed E-state index contributed by atoms with van der Waals surface area (Å²) in [6, 6.07) is 0.701. The van der Waals surface area contributed by atoms with E-state index in [0.717, 1.165) is 37.9 Å². The molecule has 2 aliphatic rings. The van der Waals surface area contributed by atoms with E-state index in [2.05, 4.69) is 12.2 Å². The SMILES string of the molecule is CCCN(CCNC(C1CC1)C1CC1)C(=O)OC(C)(C)C. The highest BCUT2D eigenvalue weighted by Gasteiger charge is 2.40. The zero-order chi connectivity index (χ0) is 15.5. The third-order valence-corrected chi connectivity index (χ3v) is 4.17. The van der Waals surface area contributed by atoms with Gasteiger partial charge in [0.15, 0.2) is 0 Å². The summed E-state index contributed by atoms with van der Waals surface area (Å²) in [5.74, 6) is 1.80. The Morgan fingerprint density at radius 2 is 1.76 bits per heavy atom. The van der Waals surface area contributed by atoms with Crippen molar-refractivity contribution in [1.82, 2.24) is 10.2 Å². The lowest BCUT2D eigenvalue weighted by molar-refractivity contribution is 0.0250. The Kier molecular flexibility index (Phi) is 5.53. The average molecular weight is 296 g/mol. The van der Waals surface area contributed by atoms with Gasteiger partial charge in [0.25, 0.3) is 0 Å². The van der Waals surface area contributed by atoms with Gasteiger partial charge < -0.3 is 15.0 Å². The Bertz CT molecular complexity index is 331. The van der Waals surface area contributed by atoms with Gasteiger partial charge >= 0.3 is 6.09 Å². The normalized spacial score (nSPS) is 18.9. The minimum atomic E-state index is -0.416. The number of ether oxygens (including phenoxy) is 1. The third-order valence-electron chi connectivity index (χ3n) is 4.17. The van der Waals surface area contributed by atoms with E-state index in [9.17, 15) is 4.79 Å². The molecule has 0 heterocycles. The van der Waals surface area contributed by atoms with Gasteiger partial charge in [0.2, 0.25) is 0 Å². The van der Waals surface area contributed by atoms with Crippen molar-refractivity contribution >= 4 is 6.09 Å². The summed E-state index contributed by atoms with van der Waals surface area (Å²) < 4.78 is 5.49. The molecule has 0 radical (unpaired) electrons. The largest absolute Gasteiger partial charge is 0.444 e. The van der Waals surface area contributed by atoms with Crippen molar-refractivity contribution in [2.24, 2.45) is 11.8 Å². The number of nitrogens with zero attached hydrogens (tertiary/aromatic N) is 1. The van der Waals surface area contributed by atoms with Crippen LogP contribution in [0.5, 0.6) is 0 Å². The second kappa shape index (κ2) is 6.99. The fourth-order valence-electron chi connectivity index (χ4n) is 2.89. The average Bonchev–Trinajstić information content (AvgIpc) is 3.25. The highest BCUT2D eigenvalue weighted by Crippen LogP contribution is 2.44. The number of hydrogen-bond donors (Lipinski definition) is 1. The van der Waals surface area contributed by atoms with Gasteiger partial charge in [-0.05, 0) is 64.7 Å². The molecule has 0 atom stereocenters. The molecule has 21 heavy (non-hydrogen) atoms. The summed E-state index contributed by atoms with van der Waals surface area (Å²) in [6.45, 7) is 10.3. The topological polar surface area (TPSA) is 41.6 Å². The van der Waals surface area contributed by atoms with Crippen molar-refractivity contribution < 1.29 is 9.53 Å². The van der Waals surface area contributed by atoms with Gasteiger partial charge in [-0.2, -0.15) is 0 Å². The predicted octanol–water partition coefficient (Wildman–Crippen LogP) is 3.41. The van der Waals surface area contributed by atoms with Crippen molar-refractivity contribution in [3.8, 4) is 0 Å². The summed E-state index contributed by atoms with van der Waals surface area (Å²) >= 11 is 0. The Labute approximate surface area is 129 Å². The Balaban J connectivity index is 1.74. The lowest BCUT2D eigenvalue weighted by Gasteiger charge is -2.28. The first-order valence-electron chi connectivity index (χ1n) is 8.62. The van der Waals surface area contributed by atoms with Crippen LogP contribution in [-0.2, 0) is 4.74 Å². The van der Waals surface area contributed by atoms with E-state index in [0.29, 0.717) is 6.04 Å². The maximum atomic E-state index is 12.2. The van der Waals surface area contributed by atoms with Crippen LogP contribution in [0.1, 0.15) is 59.8 Å². The van der Waals surface area contributed by atoms with Crippen molar-refractivity contribution in [3.05, 3.63) is 0 Å². The minimum Gasteiger partial charge on any atom is -0.444 e. The summed E-state index contributed by atoms with van der Waals surface area (Å²) in [4.78, 5) is 14.0. The van der Waals surface area contributed by atoms with Crippen molar-refractivity contribution in [2.75, 3.05) is 19.6 Å². The highest BCUT2D eigenvalue weighted by atomic mass is 16.6. The van der Waals surface area contributed by atoms with Gasteiger partial charge in [-0.25, -0.2) is 4.79 Å². The van der Waals surface area contributed by atoms with E-state index in [1.807, 2.05) is 25.7 Å². The van der Waals surface area contributed by atoms with Crippen molar-refractivity contribution in [3.63, 3.8) is 0 Å². The van der Waals surface area contributed by atoms with Crippen LogP contribution < -0.4 is 5.32 Å². The van der Waals surface area contributed by atoms with Crippen LogP contribution in [0.25, 0.3) is 0 Å². The van der Waals surface area contributed by atoms with Crippen LogP contribution in [0.2, 0.25) is 0 Å². The van der Waals surface area contributed by atoms with Crippen LogP contribution in [0.15, 0.2) is 0 Å². The van der Waals surface area contributed by atoms with Gasteiger partial charge in [0.05, 0.1) is 0 Å². The smallest absolute Gasteiger partial charge is 0.410 e. The van der Waals surface area contributed by atoms with Crippen LogP contribution in [0.3, 0.4) is 0 Å². The molecule has 0 aliphatic heterocycles. The number of carbonyl (C=O) groups excluding carboxylic acids is 1. The van der Waals surface area contributed by atoms with E-state index in [1.165, 1.54) is 25.7 Å². The molecule has 4 nitrogen and oxygen atoms in total. The van der Waals surface area contributed by atoms with Crippen molar-refractivity contribution in [1.29, 1.82) is 0 Å². The molecular formula is C17H32N2O2. The first-order valence-corrected chi connectivity index (χ1v) is 8.62. The van der Waals surface area contributed by atoms with Gasteiger partial charge in [0, 0.05) is 25.7 Å². The molecule has 2 saturated carbocycles. The Morgan fingerprint density at radius 1 is 1.19 bits per heavy atom. The first-order chi connectivity index (χ1) is 9.90. The number of carbonyl (C=O) groups is 1. The lowest BCUT2D eigenvalue weighted by atomic mass is 10.1. The van der Waals surface area contributed by atoms with E-state index in [-0.39, 0.29) is 6.09 Å². The van der Waals surface area contributed by atoms with Crippen LogP contribution >= 0.6 is 0 Å². The molecule has 0 aromatic rings. The maximum absolute atomic E-state index is 12.2. The number of amides is 1. The summed E-state index contributed by atoms with van der Waals surface area (Å²) in [7, 11) is 0. The molecule has 0 bridgehead atoms. The van der Waals surface area contributed by atoms with Crippen LogP contribution in [0, 0.1) is 11.8 Å². The molecule has 0 unspecified atom stereocenters. The fraction of sp³-hybridized carbons (Fsp3) is 0.941. The van der Waals surface area contributed by atoms with E-state index in [1.54, 1.807) is 0 Å². The molecule has 0 aromatic heterocycles. The molecule has 0 aromatic carbocycles. The molecule has 1 N–H and O–H groups in total. The molecule has 2 rings (SSSR count). The maximum Gasteiger partial charge on any atom is 0.410 e. The van der Waals surface area contributed by atoms with E-state index in [4.69, 9.17) is 4.74 Å². The summed E-state index contributed by atoms with van der Waals surface area (Å²) in [5.41, 5.74) is -0.416. The number of rotatable bonds is 8. The minimum absolute atomic E-state index is 0.180. The molecule has 2 fully saturated rings. The lowest BCUT2D eigenvalue weighted by Crippen LogP contribution is -2.43. The quantitative estimate of drug-likeness (QED) is 0.746. The zero-order valence-corrected chi connectivity index (χ0v) is 14.2. The number of hydrogen-bond acceptors (Lipinski definition) is 3. The van der Waals surface area contributed by atoms with Gasteiger partial charge in [-0.3, -0.25) is 0 Å². The number of nitrogens with one attached hydrogen (secondary N) is 1. The monoisotopic (exact) mass is 296 g/mol. The molecule has 1 amide bonds. The molecular weight excluding hydrogens is 264 g/mol. The van der Waals surface area contributed by atoms with Crippen molar-refractivity contribution in [2.45, 2.75) is 71.4 Å². The van der Waals surface area contributed by atoms with Gasteiger partial charge in [-0.1, -0.05) is 6.92 Å². The summed E-state index contributed by atoms with van der Waals surface area (Å²) in [5, 5.41) is 3.70. The summed E-state index contributed by atoms with van der Waals surface area (Å²) in [6.07, 6.45) is 6.34. The van der Waals surface area contributed by atoms with Crippen LogP contribution in [0.4, 0.5) is 4.79 Å². The Morgan fingerprint density at radius 3 is 2.19 bits per heavy atom. The highest BCUT2D eigenvalue weighted by molar-refractivity contribution is 5.68. The Hall–Kier alpha value is -0.770. The fourth-order valence-corrected chi connectivity index (χ4v) is 2.89. The molecule has 0 spiro atoms. The van der Waals surface area contributed by atoms with Crippen LogP contribution in [-0.4, -0.2) is 42.3 Å². The molecule has 122 valence electrons. The second-order valence-corrected chi connectivity index (χ2v) is 7.62. The van der Waals surface area contributed by atoms with E-state index >= 15 is 0 Å². The first kappa shape index (κ1) is 16.6. The standard InChI is InChI=1S/C17H32N2O2/c1-5-11-19(16(20)21-17(2,3)4)12-10-18-15(13-6-7-13)14-8-9-14/h13-15,18H,5-12H2,1-4H3. The zero-order valence-electron chi connectivity index (χ0n) is 14.2. The van der Waals surface area contributed by atoms with Gasteiger partial charge in [0.1, 0.15) is 5.60 Å². The molecule has 4 heteroatoms. The van der Waals surface area contributed by atoms with E-state index < -0.39 is 5.60 Å². The second-order valence-electron chi connectivity index (χ2n) is 7.62. The molecule has 2 aliphatic carbocycles. The third kappa shape index (κ3) is 5.85.